The van der Waals surface area contributed by atoms with Gasteiger partial charge in [0.05, 0.1) is 16.3 Å². The van der Waals surface area contributed by atoms with Gasteiger partial charge in [-0.2, -0.15) is 0 Å². The molecule has 0 aromatic heterocycles. The number of nitrogens with one attached hydrogen (secondary N) is 1. The Hall–Kier alpha value is -3.19. The van der Waals surface area contributed by atoms with Crippen LogP contribution in [-0.2, 0) is 14.8 Å². The number of carbonyl (C=O) groups excluding carboxylic acids is 1. The minimum absolute atomic E-state index is 0.00518. The van der Waals surface area contributed by atoms with Crippen molar-refractivity contribution in [3.8, 4) is 11.1 Å². The molecule has 4 rings (SSSR count). The topological polar surface area (TPSA) is 66.5 Å². The number of rotatable bonds is 3. The Balaban J connectivity index is 1.73. The summed E-state index contributed by atoms with van der Waals surface area (Å²) in [4.78, 5) is 12.6. The Morgan fingerprint density at radius 2 is 1.52 bits per heavy atom. The maximum atomic E-state index is 13.8. The van der Waals surface area contributed by atoms with Crippen LogP contribution in [0.3, 0.4) is 0 Å². The van der Waals surface area contributed by atoms with Crippen LogP contribution in [0, 0.1) is 5.82 Å². The number of para-hydroxylation sites is 2. The molecule has 1 aliphatic rings. The van der Waals surface area contributed by atoms with Crippen molar-refractivity contribution in [1.82, 2.24) is 0 Å². The quantitative estimate of drug-likeness (QED) is 0.752. The Kier molecular flexibility index (Phi) is 4.16. The molecular weight excluding hydrogens is 367 g/mol. The summed E-state index contributed by atoms with van der Waals surface area (Å²) >= 11 is 0. The summed E-state index contributed by atoms with van der Waals surface area (Å²) in [7, 11) is -3.91. The van der Waals surface area contributed by atoms with E-state index in [2.05, 4.69) is 5.32 Å². The van der Waals surface area contributed by atoms with Crippen molar-refractivity contribution in [2.45, 2.75) is 4.90 Å². The number of benzene rings is 3. The van der Waals surface area contributed by atoms with E-state index < -0.39 is 28.3 Å². The lowest BCUT2D eigenvalue weighted by molar-refractivity contribution is -0.114. The third-order valence-electron chi connectivity index (χ3n) is 4.35. The molecule has 0 radical (unpaired) electrons. The second kappa shape index (κ2) is 6.51. The molecule has 0 spiro atoms. The summed E-state index contributed by atoms with van der Waals surface area (Å²) in [5.41, 5.74) is 1.74. The molecule has 3 aromatic carbocycles. The van der Waals surface area contributed by atoms with Gasteiger partial charge in [0, 0.05) is 11.1 Å². The highest BCUT2D eigenvalue weighted by Gasteiger charge is 2.35. The molecule has 0 saturated heterocycles. The molecule has 5 nitrogen and oxygen atoms in total. The number of nitrogens with zero attached hydrogens (tertiary/aromatic N) is 1. The van der Waals surface area contributed by atoms with Crippen molar-refractivity contribution in [3.05, 3.63) is 78.6 Å². The number of carbonyl (C=O) groups is 1. The van der Waals surface area contributed by atoms with Gasteiger partial charge in [-0.3, -0.25) is 9.10 Å². The summed E-state index contributed by atoms with van der Waals surface area (Å²) in [5, 5.41) is 2.43. The fourth-order valence-corrected chi connectivity index (χ4v) is 4.78. The van der Waals surface area contributed by atoms with Crippen LogP contribution in [0.4, 0.5) is 15.8 Å². The average Bonchev–Trinajstić information content (AvgIpc) is 2.67. The molecule has 1 N–H and O–H groups in total. The Morgan fingerprint density at radius 3 is 2.30 bits per heavy atom. The van der Waals surface area contributed by atoms with Crippen LogP contribution in [0.1, 0.15) is 0 Å². The minimum atomic E-state index is -3.91. The van der Waals surface area contributed by atoms with Gasteiger partial charge in [-0.05, 0) is 24.3 Å². The van der Waals surface area contributed by atoms with Crippen LogP contribution in [0.2, 0.25) is 0 Å². The van der Waals surface area contributed by atoms with E-state index in [1.54, 1.807) is 36.4 Å². The van der Waals surface area contributed by atoms with Gasteiger partial charge < -0.3 is 5.32 Å². The first-order valence-electron chi connectivity index (χ1n) is 8.24. The lowest BCUT2D eigenvalue weighted by Gasteiger charge is -2.31. The number of halogens is 1. The van der Waals surface area contributed by atoms with E-state index in [4.69, 9.17) is 0 Å². The van der Waals surface area contributed by atoms with Crippen molar-refractivity contribution >= 4 is 27.3 Å². The number of hydrogen-bond donors (Lipinski definition) is 1. The molecule has 0 fully saturated rings. The number of sulfonamides is 1. The standard InChI is InChI=1S/C20H15FN2O3S/c21-16-9-3-4-10-17(16)22-20(24)13-23-18-11-5-1-7-14(18)15-8-2-6-12-19(15)27(23,25)26/h1-12H,13H2,(H,22,24). The van der Waals surface area contributed by atoms with Crippen molar-refractivity contribution in [2.24, 2.45) is 0 Å². The highest BCUT2D eigenvalue weighted by molar-refractivity contribution is 7.93. The van der Waals surface area contributed by atoms with Gasteiger partial charge in [0.15, 0.2) is 0 Å². The number of anilines is 2. The number of amides is 1. The van der Waals surface area contributed by atoms with Gasteiger partial charge in [-0.1, -0.05) is 48.5 Å². The van der Waals surface area contributed by atoms with Crippen LogP contribution in [0.25, 0.3) is 11.1 Å². The highest BCUT2D eigenvalue weighted by atomic mass is 32.2. The zero-order chi connectivity index (χ0) is 19.0. The molecular formula is C20H15FN2O3S. The Labute approximate surface area is 156 Å². The normalized spacial score (nSPS) is 14.2. The van der Waals surface area contributed by atoms with Crippen LogP contribution < -0.4 is 9.62 Å². The zero-order valence-electron chi connectivity index (χ0n) is 14.1. The summed E-state index contributed by atoms with van der Waals surface area (Å²) < 4.78 is 41.0. The third kappa shape index (κ3) is 2.96. The van der Waals surface area contributed by atoms with Crippen molar-refractivity contribution in [3.63, 3.8) is 0 Å². The predicted molar refractivity (Wildman–Crippen MR) is 101 cm³/mol. The van der Waals surface area contributed by atoms with Crippen LogP contribution in [0.15, 0.2) is 77.7 Å². The Bertz CT molecular complexity index is 1150. The molecule has 27 heavy (non-hydrogen) atoms. The van der Waals surface area contributed by atoms with Crippen molar-refractivity contribution < 1.29 is 17.6 Å². The number of hydrogen-bond acceptors (Lipinski definition) is 3. The summed E-state index contributed by atoms with van der Waals surface area (Å²) in [6.45, 7) is -0.456. The van der Waals surface area contributed by atoms with E-state index in [9.17, 15) is 17.6 Å². The molecule has 3 aromatic rings. The average molecular weight is 382 g/mol. The first kappa shape index (κ1) is 17.2. The zero-order valence-corrected chi connectivity index (χ0v) is 14.9. The first-order chi connectivity index (χ1) is 13.0. The summed E-state index contributed by atoms with van der Waals surface area (Å²) in [6.07, 6.45) is 0. The van der Waals surface area contributed by atoms with Crippen LogP contribution in [0.5, 0.6) is 0 Å². The van der Waals surface area contributed by atoms with E-state index in [-0.39, 0.29) is 10.6 Å². The molecule has 0 bridgehead atoms. The van der Waals surface area contributed by atoms with Crippen LogP contribution in [-0.4, -0.2) is 20.9 Å². The van der Waals surface area contributed by atoms with E-state index in [0.717, 1.165) is 9.87 Å². The van der Waals surface area contributed by atoms with E-state index >= 15 is 0 Å². The number of fused-ring (bicyclic) bond motifs is 3. The van der Waals surface area contributed by atoms with E-state index in [1.807, 2.05) is 12.1 Å². The van der Waals surface area contributed by atoms with Crippen molar-refractivity contribution in [1.29, 1.82) is 0 Å². The molecule has 1 heterocycles. The minimum Gasteiger partial charge on any atom is -0.322 e. The monoisotopic (exact) mass is 382 g/mol. The SMILES string of the molecule is O=C(CN1c2ccccc2-c2ccccc2S1(=O)=O)Nc1ccccc1F. The Morgan fingerprint density at radius 1 is 0.889 bits per heavy atom. The molecule has 136 valence electrons. The van der Waals surface area contributed by atoms with E-state index in [1.165, 1.54) is 24.3 Å². The molecule has 0 unspecified atom stereocenters. The lowest BCUT2D eigenvalue weighted by atomic mass is 10.0. The smallest absolute Gasteiger partial charge is 0.265 e. The lowest BCUT2D eigenvalue weighted by Crippen LogP contribution is -2.40. The maximum Gasteiger partial charge on any atom is 0.265 e. The van der Waals surface area contributed by atoms with Gasteiger partial charge in [0.2, 0.25) is 5.91 Å². The largest absolute Gasteiger partial charge is 0.322 e. The van der Waals surface area contributed by atoms with Gasteiger partial charge in [0.25, 0.3) is 10.0 Å². The van der Waals surface area contributed by atoms with Gasteiger partial charge in [-0.25, -0.2) is 12.8 Å². The maximum absolute atomic E-state index is 13.8. The van der Waals surface area contributed by atoms with Gasteiger partial charge in [-0.15, -0.1) is 0 Å². The predicted octanol–water partition coefficient (Wildman–Crippen LogP) is 3.64. The second-order valence-electron chi connectivity index (χ2n) is 6.05. The molecule has 1 amide bonds. The highest BCUT2D eigenvalue weighted by Crippen LogP contribution is 2.42. The second-order valence-corrected chi connectivity index (χ2v) is 7.88. The van der Waals surface area contributed by atoms with Gasteiger partial charge >= 0.3 is 0 Å². The summed E-state index contributed by atoms with van der Waals surface area (Å²) in [5.74, 6) is -1.21. The molecule has 1 aliphatic heterocycles. The first-order valence-corrected chi connectivity index (χ1v) is 9.68. The van der Waals surface area contributed by atoms with Crippen molar-refractivity contribution in [2.75, 3.05) is 16.2 Å². The molecule has 0 aliphatic carbocycles. The summed E-state index contributed by atoms with van der Waals surface area (Å²) in [6, 6.07) is 19.4. The van der Waals surface area contributed by atoms with E-state index in [0.29, 0.717) is 11.3 Å². The van der Waals surface area contributed by atoms with Gasteiger partial charge in [0.1, 0.15) is 12.4 Å². The molecule has 7 heteroatoms. The fraction of sp³-hybridized carbons (Fsp3) is 0.0500. The molecule has 0 saturated carbocycles. The fourth-order valence-electron chi connectivity index (χ4n) is 3.13. The van der Waals surface area contributed by atoms with Crippen LogP contribution >= 0.6 is 0 Å². The third-order valence-corrected chi connectivity index (χ3v) is 6.17. The molecule has 0 atom stereocenters.